The van der Waals surface area contributed by atoms with Crippen LogP contribution < -0.4 is 5.73 Å². The topological polar surface area (TPSA) is 78.8 Å². The molecule has 0 saturated carbocycles. The zero-order chi connectivity index (χ0) is 25.9. The second-order valence-electron chi connectivity index (χ2n) is 9.50. The van der Waals surface area contributed by atoms with E-state index in [1.807, 2.05) is 97.1 Å². The number of nitrogens with two attached hydrogens (primary N) is 1. The van der Waals surface area contributed by atoms with Crippen LogP contribution in [0.4, 0.5) is 0 Å². The Morgan fingerprint density at radius 1 is 0.649 bits per heavy atom. The Bertz CT molecular complexity index is 1290. The normalized spacial score (nSPS) is 12.1. The number of para-hydroxylation sites is 2. The molecule has 37 heavy (non-hydrogen) atoms. The van der Waals surface area contributed by atoms with E-state index in [2.05, 4.69) is 4.99 Å². The number of aryl methyl sites for hydroxylation is 1. The summed E-state index contributed by atoms with van der Waals surface area (Å²) < 4.78 is 0. The second kappa shape index (κ2) is 13.4. The number of aliphatic imine (C=N–C) groups is 1. The van der Waals surface area contributed by atoms with Crippen molar-refractivity contribution in [2.24, 2.45) is 10.7 Å². The fraction of sp³-hybridized carbons (Fsp3) is 0.242. The summed E-state index contributed by atoms with van der Waals surface area (Å²) in [6.45, 7) is 0.537. The van der Waals surface area contributed by atoms with E-state index in [9.17, 15) is 10.2 Å². The van der Waals surface area contributed by atoms with Gasteiger partial charge in [-0.05, 0) is 42.0 Å². The minimum atomic E-state index is 0.00213. The summed E-state index contributed by atoms with van der Waals surface area (Å²) in [5.41, 5.74) is 11.7. The van der Waals surface area contributed by atoms with Gasteiger partial charge in [-0.15, -0.1) is 0 Å². The molecule has 0 aliphatic heterocycles. The van der Waals surface area contributed by atoms with Crippen molar-refractivity contribution in [1.29, 1.82) is 0 Å². The molecule has 0 heterocycles. The number of rotatable bonds is 12. The molecule has 0 aliphatic carbocycles. The molecule has 4 rings (SSSR count). The maximum absolute atomic E-state index is 10.7. The van der Waals surface area contributed by atoms with Crippen LogP contribution in [0.5, 0.6) is 11.5 Å². The quantitative estimate of drug-likeness (QED) is 0.143. The molecule has 0 aromatic heterocycles. The average molecular weight is 493 g/mol. The SMILES string of the molecule is N[C@@H](CCCCCCc1cccc(-c2ccccc2)c1O)C/N=C/c1cccc(-c2ccccc2)c1O. The summed E-state index contributed by atoms with van der Waals surface area (Å²) in [4.78, 5) is 4.50. The Morgan fingerprint density at radius 2 is 1.24 bits per heavy atom. The number of benzene rings is 4. The number of phenols is 2. The van der Waals surface area contributed by atoms with Gasteiger partial charge in [-0.25, -0.2) is 0 Å². The molecule has 0 saturated heterocycles. The predicted molar refractivity (Wildman–Crippen MR) is 154 cm³/mol. The molecule has 0 bridgehead atoms. The van der Waals surface area contributed by atoms with Crippen molar-refractivity contribution in [3.05, 3.63) is 108 Å². The van der Waals surface area contributed by atoms with Gasteiger partial charge in [0.1, 0.15) is 11.5 Å². The molecular weight excluding hydrogens is 456 g/mol. The molecule has 4 heteroatoms. The van der Waals surface area contributed by atoms with Crippen molar-refractivity contribution in [3.63, 3.8) is 0 Å². The van der Waals surface area contributed by atoms with Crippen LogP contribution >= 0.6 is 0 Å². The van der Waals surface area contributed by atoms with Crippen molar-refractivity contribution in [2.75, 3.05) is 6.54 Å². The molecule has 4 N–H and O–H groups in total. The monoisotopic (exact) mass is 492 g/mol. The number of nitrogens with zero attached hydrogens (tertiary/aromatic N) is 1. The smallest absolute Gasteiger partial charge is 0.132 e. The highest BCUT2D eigenvalue weighted by Crippen LogP contribution is 2.33. The Hall–Kier alpha value is -3.89. The van der Waals surface area contributed by atoms with Gasteiger partial charge in [-0.2, -0.15) is 0 Å². The second-order valence-corrected chi connectivity index (χ2v) is 9.50. The third-order valence-electron chi connectivity index (χ3n) is 6.70. The fourth-order valence-electron chi connectivity index (χ4n) is 4.61. The van der Waals surface area contributed by atoms with E-state index in [-0.39, 0.29) is 11.8 Å². The van der Waals surface area contributed by atoms with Gasteiger partial charge in [0, 0.05) is 28.9 Å². The minimum absolute atomic E-state index is 0.00213. The van der Waals surface area contributed by atoms with Gasteiger partial charge in [0.05, 0.1) is 6.54 Å². The third kappa shape index (κ3) is 7.31. The highest BCUT2D eigenvalue weighted by atomic mass is 16.3. The Balaban J connectivity index is 1.17. The van der Waals surface area contributed by atoms with Crippen molar-refractivity contribution < 1.29 is 10.2 Å². The minimum Gasteiger partial charge on any atom is -0.507 e. The first-order chi connectivity index (χ1) is 18.1. The maximum atomic E-state index is 10.7. The first-order valence-electron chi connectivity index (χ1n) is 13.1. The highest BCUT2D eigenvalue weighted by molar-refractivity contribution is 5.88. The Labute approximate surface area is 220 Å². The molecule has 4 aromatic carbocycles. The van der Waals surface area contributed by atoms with Crippen molar-refractivity contribution in [2.45, 2.75) is 44.6 Å². The lowest BCUT2D eigenvalue weighted by molar-refractivity contribution is 0.467. The zero-order valence-electron chi connectivity index (χ0n) is 21.3. The molecule has 0 fully saturated rings. The predicted octanol–water partition coefficient (Wildman–Crippen LogP) is 7.37. The summed E-state index contributed by atoms with van der Waals surface area (Å²) in [7, 11) is 0. The molecule has 190 valence electrons. The van der Waals surface area contributed by atoms with Gasteiger partial charge in [0.25, 0.3) is 0 Å². The first kappa shape index (κ1) is 26.2. The summed E-state index contributed by atoms with van der Waals surface area (Å²) in [6.07, 6.45) is 7.81. The number of hydrogen-bond donors (Lipinski definition) is 3. The molecular formula is C33H36N2O2. The van der Waals surface area contributed by atoms with E-state index in [1.54, 1.807) is 6.21 Å². The zero-order valence-corrected chi connectivity index (χ0v) is 21.3. The summed E-state index contributed by atoms with van der Waals surface area (Å²) in [5.74, 6) is 0.639. The van der Waals surface area contributed by atoms with Crippen molar-refractivity contribution in [1.82, 2.24) is 0 Å². The van der Waals surface area contributed by atoms with Gasteiger partial charge >= 0.3 is 0 Å². The van der Waals surface area contributed by atoms with Crippen molar-refractivity contribution in [3.8, 4) is 33.8 Å². The van der Waals surface area contributed by atoms with Gasteiger partial charge in [-0.1, -0.05) is 110 Å². The number of aromatic hydroxyl groups is 2. The van der Waals surface area contributed by atoms with E-state index in [0.717, 1.165) is 66.3 Å². The molecule has 0 unspecified atom stereocenters. The van der Waals surface area contributed by atoms with Crippen LogP contribution in [-0.4, -0.2) is 29.0 Å². The number of phenolic OH excluding ortho intramolecular Hbond substituents is 2. The largest absolute Gasteiger partial charge is 0.507 e. The molecule has 0 spiro atoms. The van der Waals surface area contributed by atoms with E-state index in [0.29, 0.717) is 17.9 Å². The van der Waals surface area contributed by atoms with Crippen LogP contribution in [0, 0.1) is 0 Å². The van der Waals surface area contributed by atoms with Gasteiger partial charge in [-0.3, -0.25) is 4.99 Å². The van der Waals surface area contributed by atoms with E-state index >= 15 is 0 Å². The molecule has 4 aromatic rings. The number of hydrogen-bond acceptors (Lipinski definition) is 4. The lowest BCUT2D eigenvalue weighted by Gasteiger charge is -2.11. The lowest BCUT2D eigenvalue weighted by atomic mass is 9.98. The van der Waals surface area contributed by atoms with Crippen LogP contribution in [-0.2, 0) is 6.42 Å². The molecule has 0 amide bonds. The van der Waals surface area contributed by atoms with Crippen molar-refractivity contribution >= 4 is 6.21 Å². The Kier molecular flexibility index (Phi) is 9.50. The lowest BCUT2D eigenvalue weighted by Crippen LogP contribution is -2.23. The van der Waals surface area contributed by atoms with Crippen LogP contribution in [0.15, 0.2) is 102 Å². The van der Waals surface area contributed by atoms with E-state index in [1.165, 1.54) is 0 Å². The van der Waals surface area contributed by atoms with E-state index in [4.69, 9.17) is 5.73 Å². The Morgan fingerprint density at radius 3 is 1.92 bits per heavy atom. The van der Waals surface area contributed by atoms with Gasteiger partial charge < -0.3 is 15.9 Å². The third-order valence-corrected chi connectivity index (χ3v) is 6.70. The van der Waals surface area contributed by atoms with Gasteiger partial charge in [0.2, 0.25) is 0 Å². The molecule has 4 nitrogen and oxygen atoms in total. The standard InChI is InChI=1S/C33H36N2O2/c34-29(24-35-23-28-19-12-22-31(33(28)37)26-15-8-4-9-16-26)20-10-2-1-5-17-27-18-11-21-30(32(27)36)25-13-6-3-7-14-25/h3-4,6-9,11-16,18-19,21-23,29,36-37H,1-2,5,10,17,20,24,34H2/b35-23+/t29-/m0/s1. The van der Waals surface area contributed by atoms with Crippen LogP contribution in [0.2, 0.25) is 0 Å². The summed E-state index contributed by atoms with van der Waals surface area (Å²) in [5, 5.41) is 21.4. The van der Waals surface area contributed by atoms with E-state index < -0.39 is 0 Å². The summed E-state index contributed by atoms with van der Waals surface area (Å²) >= 11 is 0. The fourth-order valence-corrected chi connectivity index (χ4v) is 4.61. The average Bonchev–Trinajstić information content (AvgIpc) is 2.93. The number of unbranched alkanes of at least 4 members (excludes halogenated alkanes) is 3. The van der Waals surface area contributed by atoms with Gasteiger partial charge in [0.15, 0.2) is 0 Å². The van der Waals surface area contributed by atoms with Crippen LogP contribution in [0.3, 0.4) is 0 Å². The molecule has 0 aliphatic rings. The van der Waals surface area contributed by atoms with Crippen LogP contribution in [0.1, 0.15) is 43.2 Å². The summed E-state index contributed by atoms with van der Waals surface area (Å²) in [6, 6.07) is 31.6. The maximum Gasteiger partial charge on any atom is 0.132 e. The molecule has 1 atom stereocenters. The van der Waals surface area contributed by atoms with Crippen LogP contribution in [0.25, 0.3) is 22.3 Å². The first-order valence-corrected chi connectivity index (χ1v) is 13.1. The molecule has 0 radical (unpaired) electrons. The highest BCUT2D eigenvalue weighted by Gasteiger charge is 2.09.